The molecule has 0 radical (unpaired) electrons. The zero-order valence-electron chi connectivity index (χ0n) is 18.0. The minimum atomic E-state index is -4.25. The largest absolute Gasteiger partial charge is 0.379 e. The van der Waals surface area contributed by atoms with E-state index in [-0.39, 0.29) is 22.0 Å². The van der Waals surface area contributed by atoms with Crippen molar-refractivity contribution in [3.8, 4) is 5.69 Å². The van der Waals surface area contributed by atoms with Crippen molar-refractivity contribution in [3.05, 3.63) is 74.7 Å². The number of para-hydroxylation sites is 1. The Bertz CT molecular complexity index is 1300. The van der Waals surface area contributed by atoms with Crippen LogP contribution in [0.25, 0.3) is 5.69 Å². The monoisotopic (exact) mass is 459 g/mol. The summed E-state index contributed by atoms with van der Waals surface area (Å²) in [5, 5.41) is 14.5. The van der Waals surface area contributed by atoms with Crippen LogP contribution in [0.5, 0.6) is 0 Å². The van der Waals surface area contributed by atoms with Crippen molar-refractivity contribution in [2.24, 2.45) is 7.05 Å². The molecule has 0 unspecified atom stereocenters. The first-order valence-electron chi connectivity index (χ1n) is 10.1. The van der Waals surface area contributed by atoms with Crippen LogP contribution >= 0.6 is 0 Å². The van der Waals surface area contributed by atoms with Gasteiger partial charge in [-0.25, -0.2) is 13.1 Å². The van der Waals surface area contributed by atoms with Crippen LogP contribution in [0.4, 0.5) is 17.1 Å². The van der Waals surface area contributed by atoms with Crippen LogP contribution in [-0.2, 0) is 17.1 Å². The van der Waals surface area contributed by atoms with Gasteiger partial charge < -0.3 is 5.32 Å². The fourth-order valence-corrected chi connectivity index (χ4v) is 4.39. The summed E-state index contributed by atoms with van der Waals surface area (Å²) in [7, 11) is -2.61. The van der Waals surface area contributed by atoms with Gasteiger partial charge in [0.2, 0.25) is 0 Å². The second-order valence-corrected chi connectivity index (χ2v) is 8.94. The van der Waals surface area contributed by atoms with Crippen LogP contribution in [-0.4, -0.2) is 29.2 Å². The predicted molar refractivity (Wildman–Crippen MR) is 123 cm³/mol. The molecule has 0 bridgehead atoms. The van der Waals surface area contributed by atoms with Crippen molar-refractivity contribution in [1.29, 1.82) is 0 Å². The van der Waals surface area contributed by atoms with Crippen molar-refractivity contribution in [1.82, 2.24) is 9.36 Å². The first-order valence-corrected chi connectivity index (χ1v) is 11.5. The Hall–Kier alpha value is -3.60. The molecule has 0 atom stereocenters. The molecule has 3 aromatic rings. The second-order valence-electron chi connectivity index (χ2n) is 7.26. The first kappa shape index (κ1) is 23.1. The van der Waals surface area contributed by atoms with Crippen LogP contribution in [0.3, 0.4) is 0 Å². The van der Waals surface area contributed by atoms with Gasteiger partial charge in [0.05, 0.1) is 21.2 Å². The second kappa shape index (κ2) is 9.27. The molecule has 0 fully saturated rings. The summed E-state index contributed by atoms with van der Waals surface area (Å²) in [5.74, 6) is 0. The van der Waals surface area contributed by atoms with E-state index in [2.05, 4.69) is 10.0 Å². The number of hydrogen-bond acceptors (Lipinski definition) is 6. The van der Waals surface area contributed by atoms with Gasteiger partial charge in [-0.15, -0.1) is 0 Å². The molecule has 2 N–H and O–H groups in total. The molecule has 2 aromatic carbocycles. The maximum atomic E-state index is 13.0. The molecule has 0 amide bonds. The van der Waals surface area contributed by atoms with Crippen LogP contribution in [0.1, 0.15) is 25.5 Å². The van der Waals surface area contributed by atoms with E-state index in [1.54, 1.807) is 42.9 Å². The van der Waals surface area contributed by atoms with Gasteiger partial charge in [-0.1, -0.05) is 31.5 Å². The van der Waals surface area contributed by atoms with E-state index >= 15 is 0 Å². The Kier molecular flexibility index (Phi) is 6.68. The number of benzene rings is 2. The van der Waals surface area contributed by atoms with Gasteiger partial charge in [0.25, 0.3) is 21.3 Å². The minimum absolute atomic E-state index is 0.121. The molecule has 0 aliphatic rings. The first-order chi connectivity index (χ1) is 15.2. The molecule has 11 heteroatoms. The average Bonchev–Trinajstić information content (AvgIpc) is 2.97. The fourth-order valence-electron chi connectivity index (χ4n) is 3.26. The lowest BCUT2D eigenvalue weighted by molar-refractivity contribution is -0.384. The summed E-state index contributed by atoms with van der Waals surface area (Å²) in [6, 6.07) is 12.4. The number of nitrogens with one attached hydrogen (secondary N) is 2. The van der Waals surface area contributed by atoms with Crippen molar-refractivity contribution in [3.63, 3.8) is 0 Å². The molecule has 10 nitrogen and oxygen atoms in total. The lowest BCUT2D eigenvalue weighted by Crippen LogP contribution is -2.23. The Morgan fingerprint density at radius 2 is 1.81 bits per heavy atom. The van der Waals surface area contributed by atoms with E-state index in [0.29, 0.717) is 17.9 Å². The number of aromatic nitrogens is 2. The predicted octanol–water partition coefficient (Wildman–Crippen LogP) is 3.41. The third-order valence-electron chi connectivity index (χ3n) is 5.11. The van der Waals surface area contributed by atoms with E-state index < -0.39 is 20.5 Å². The van der Waals surface area contributed by atoms with Gasteiger partial charge in [-0.3, -0.25) is 24.3 Å². The Morgan fingerprint density at radius 1 is 1.12 bits per heavy atom. The molecule has 32 heavy (non-hydrogen) atoms. The van der Waals surface area contributed by atoms with Crippen LogP contribution in [0.15, 0.2) is 58.2 Å². The van der Waals surface area contributed by atoms with Crippen LogP contribution in [0, 0.1) is 17.0 Å². The normalized spacial score (nSPS) is 11.3. The minimum Gasteiger partial charge on any atom is -0.379 e. The number of anilines is 2. The Balaban J connectivity index is 1.99. The van der Waals surface area contributed by atoms with Gasteiger partial charge in [0.1, 0.15) is 11.4 Å². The highest BCUT2D eigenvalue weighted by Crippen LogP contribution is 2.29. The van der Waals surface area contributed by atoms with Gasteiger partial charge in [0.15, 0.2) is 0 Å². The highest BCUT2D eigenvalue weighted by molar-refractivity contribution is 7.92. The van der Waals surface area contributed by atoms with E-state index in [0.717, 1.165) is 18.9 Å². The van der Waals surface area contributed by atoms with E-state index in [1.807, 2.05) is 13.0 Å². The van der Waals surface area contributed by atoms with Crippen molar-refractivity contribution in [2.75, 3.05) is 16.6 Å². The number of unbranched alkanes of at least 4 members (excludes halogenated alkanes) is 1. The Labute approximate surface area is 185 Å². The van der Waals surface area contributed by atoms with Gasteiger partial charge >= 0.3 is 0 Å². The summed E-state index contributed by atoms with van der Waals surface area (Å²) in [6.45, 7) is 4.14. The smallest absolute Gasteiger partial charge is 0.296 e. The number of rotatable bonds is 9. The molecule has 0 aliphatic carbocycles. The molecule has 0 spiro atoms. The van der Waals surface area contributed by atoms with Crippen molar-refractivity contribution in [2.45, 2.75) is 31.6 Å². The topological polar surface area (TPSA) is 128 Å². The van der Waals surface area contributed by atoms with E-state index in [9.17, 15) is 23.3 Å². The van der Waals surface area contributed by atoms with Crippen LogP contribution < -0.4 is 15.6 Å². The summed E-state index contributed by atoms with van der Waals surface area (Å²) in [6.07, 6.45) is 1.73. The highest BCUT2D eigenvalue weighted by Gasteiger charge is 2.25. The zero-order valence-corrected chi connectivity index (χ0v) is 18.8. The van der Waals surface area contributed by atoms with E-state index in [4.69, 9.17) is 0 Å². The summed E-state index contributed by atoms with van der Waals surface area (Å²) in [5.41, 5.74) is 0.193. The maximum Gasteiger partial charge on any atom is 0.296 e. The van der Waals surface area contributed by atoms with Gasteiger partial charge in [-0.2, -0.15) is 0 Å². The molecule has 1 aromatic heterocycles. The highest BCUT2D eigenvalue weighted by atomic mass is 32.2. The lowest BCUT2D eigenvalue weighted by atomic mass is 10.2. The number of nitrogens with zero attached hydrogens (tertiary/aromatic N) is 3. The average molecular weight is 460 g/mol. The molecule has 0 saturated heterocycles. The van der Waals surface area contributed by atoms with Crippen molar-refractivity contribution >= 4 is 27.1 Å². The van der Waals surface area contributed by atoms with Gasteiger partial charge in [-0.05, 0) is 37.6 Å². The van der Waals surface area contributed by atoms with Gasteiger partial charge in [0, 0.05) is 19.7 Å². The molecule has 0 aliphatic heterocycles. The van der Waals surface area contributed by atoms with Crippen LogP contribution in [0.2, 0.25) is 0 Å². The molecule has 0 saturated carbocycles. The third kappa shape index (κ3) is 4.52. The van der Waals surface area contributed by atoms with E-state index in [1.165, 1.54) is 16.8 Å². The number of nitro groups is 1. The molecule has 3 rings (SSSR count). The number of nitro benzene ring substituents is 1. The maximum absolute atomic E-state index is 13.0. The fraction of sp³-hybridized carbons (Fsp3) is 0.286. The molecule has 1 heterocycles. The molecular weight excluding hydrogens is 434 g/mol. The van der Waals surface area contributed by atoms with Crippen molar-refractivity contribution < 1.29 is 13.3 Å². The summed E-state index contributed by atoms with van der Waals surface area (Å²) >= 11 is 0. The molecular formula is C21H25N5O5S. The third-order valence-corrected chi connectivity index (χ3v) is 6.46. The summed E-state index contributed by atoms with van der Waals surface area (Å²) in [4.78, 5) is 23.5. The Morgan fingerprint density at radius 3 is 2.44 bits per heavy atom. The SMILES string of the molecule is CCCCNc1ccc(S(=O)(=O)Nc2c(C)n(C)n(-c3ccccc3)c2=O)cc1[N+](=O)[O-]. The quantitative estimate of drug-likeness (QED) is 0.287. The number of hydrogen-bond donors (Lipinski definition) is 2. The zero-order chi connectivity index (χ0) is 23.5. The lowest BCUT2D eigenvalue weighted by Gasteiger charge is -2.10. The number of sulfonamides is 1. The standard InChI is InChI=1S/C21H25N5O5S/c1-4-5-13-22-18-12-11-17(14-19(18)26(28)29)32(30,31)23-20-15(2)24(3)25(21(20)27)16-9-7-6-8-10-16/h6-12,14,22-23H,4-5,13H2,1-3H3. The molecule has 170 valence electrons. The summed E-state index contributed by atoms with van der Waals surface area (Å²) < 4.78 is 31.2.